The van der Waals surface area contributed by atoms with Gasteiger partial charge in [0.1, 0.15) is 5.69 Å². The Kier molecular flexibility index (Phi) is 4.92. The molecule has 0 fully saturated rings. The van der Waals surface area contributed by atoms with Crippen molar-refractivity contribution in [2.75, 3.05) is 0 Å². The topological polar surface area (TPSA) is 125 Å². The van der Waals surface area contributed by atoms with Crippen LogP contribution in [0, 0.1) is 0 Å². The van der Waals surface area contributed by atoms with Gasteiger partial charge in [-0.2, -0.15) is 0 Å². The maximum absolute atomic E-state index is 10.4. The SMILES string of the molecule is NC(=O)c1cccnc1.NC(=O)c1cnccn1. The lowest BCUT2D eigenvalue weighted by molar-refractivity contribution is 0.0989. The molecule has 0 bridgehead atoms. The molecule has 0 aliphatic heterocycles. The lowest BCUT2D eigenvalue weighted by Gasteiger charge is -1.88. The molecule has 4 N–H and O–H groups in total. The smallest absolute Gasteiger partial charge is 0.268 e. The molecule has 2 amide bonds. The van der Waals surface area contributed by atoms with Crippen LogP contribution in [-0.4, -0.2) is 26.8 Å². The van der Waals surface area contributed by atoms with E-state index in [-0.39, 0.29) is 5.69 Å². The van der Waals surface area contributed by atoms with E-state index in [1.807, 2.05) is 0 Å². The molecule has 18 heavy (non-hydrogen) atoms. The van der Waals surface area contributed by atoms with Crippen molar-refractivity contribution in [3.05, 3.63) is 54.4 Å². The molecule has 0 aliphatic rings. The van der Waals surface area contributed by atoms with Crippen LogP contribution >= 0.6 is 0 Å². The van der Waals surface area contributed by atoms with Crippen molar-refractivity contribution >= 4 is 11.8 Å². The van der Waals surface area contributed by atoms with Gasteiger partial charge in [0.05, 0.1) is 11.8 Å². The molecule has 92 valence electrons. The van der Waals surface area contributed by atoms with Gasteiger partial charge in [-0.25, -0.2) is 4.98 Å². The molecule has 0 atom stereocenters. The summed E-state index contributed by atoms with van der Waals surface area (Å²) < 4.78 is 0. The van der Waals surface area contributed by atoms with E-state index < -0.39 is 11.8 Å². The van der Waals surface area contributed by atoms with Crippen LogP contribution in [0.4, 0.5) is 0 Å². The van der Waals surface area contributed by atoms with Crippen LogP contribution in [0.15, 0.2) is 43.1 Å². The van der Waals surface area contributed by atoms with Crippen LogP contribution in [0.1, 0.15) is 20.8 Å². The third-order valence-corrected chi connectivity index (χ3v) is 1.76. The third-order valence-electron chi connectivity index (χ3n) is 1.76. The number of primary amides is 2. The Labute approximate surface area is 103 Å². The van der Waals surface area contributed by atoms with Gasteiger partial charge in [0.15, 0.2) is 0 Å². The number of carbonyl (C=O) groups excluding carboxylic acids is 2. The second-order valence-electron chi connectivity index (χ2n) is 3.06. The summed E-state index contributed by atoms with van der Waals surface area (Å²) in [5.41, 5.74) is 10.4. The third kappa shape index (κ3) is 4.35. The van der Waals surface area contributed by atoms with Crippen molar-refractivity contribution in [2.24, 2.45) is 11.5 Å². The zero-order valence-corrected chi connectivity index (χ0v) is 9.35. The number of nitrogens with zero attached hydrogens (tertiary/aromatic N) is 3. The number of nitrogens with two attached hydrogens (primary N) is 2. The lowest BCUT2D eigenvalue weighted by atomic mass is 10.3. The number of hydrogen-bond donors (Lipinski definition) is 2. The summed E-state index contributed by atoms with van der Waals surface area (Å²) in [6, 6.07) is 3.29. The van der Waals surface area contributed by atoms with Crippen molar-refractivity contribution in [3.63, 3.8) is 0 Å². The number of rotatable bonds is 2. The zero-order valence-electron chi connectivity index (χ0n) is 9.35. The average Bonchev–Trinajstić information content (AvgIpc) is 2.41. The first kappa shape index (κ1) is 13.2. The van der Waals surface area contributed by atoms with Crippen LogP contribution in [0.5, 0.6) is 0 Å². The average molecular weight is 245 g/mol. The van der Waals surface area contributed by atoms with E-state index in [0.717, 1.165) is 0 Å². The Morgan fingerprint density at radius 2 is 1.67 bits per heavy atom. The van der Waals surface area contributed by atoms with Crippen molar-refractivity contribution < 1.29 is 9.59 Å². The fourth-order valence-electron chi connectivity index (χ4n) is 0.935. The Balaban J connectivity index is 0.000000180. The molecule has 7 nitrogen and oxygen atoms in total. The molecule has 2 heterocycles. The van der Waals surface area contributed by atoms with Gasteiger partial charge in [0.25, 0.3) is 5.91 Å². The van der Waals surface area contributed by atoms with Crippen LogP contribution in [0.2, 0.25) is 0 Å². The molecule has 2 aromatic heterocycles. The minimum Gasteiger partial charge on any atom is -0.366 e. The van der Waals surface area contributed by atoms with Gasteiger partial charge in [-0.05, 0) is 12.1 Å². The van der Waals surface area contributed by atoms with Gasteiger partial charge in [-0.15, -0.1) is 0 Å². The molecule has 7 heteroatoms. The highest BCUT2D eigenvalue weighted by molar-refractivity contribution is 5.92. The van der Waals surface area contributed by atoms with Gasteiger partial charge in [0.2, 0.25) is 5.91 Å². The monoisotopic (exact) mass is 245 g/mol. The molecule has 0 unspecified atom stereocenters. The normalized spacial score (nSPS) is 8.89. The number of carbonyl (C=O) groups is 2. The molecule has 0 saturated heterocycles. The van der Waals surface area contributed by atoms with Crippen molar-refractivity contribution in [1.82, 2.24) is 15.0 Å². The fraction of sp³-hybridized carbons (Fsp3) is 0. The van der Waals surface area contributed by atoms with E-state index in [2.05, 4.69) is 15.0 Å². The largest absolute Gasteiger partial charge is 0.366 e. The molecule has 0 radical (unpaired) electrons. The van der Waals surface area contributed by atoms with Crippen molar-refractivity contribution in [1.29, 1.82) is 0 Å². The lowest BCUT2D eigenvalue weighted by Crippen LogP contribution is -2.12. The Hall–Kier alpha value is -2.83. The molecule has 2 aromatic rings. The molecule has 0 aliphatic carbocycles. The first-order valence-corrected chi connectivity index (χ1v) is 4.87. The Bertz CT molecular complexity index is 466. The van der Waals surface area contributed by atoms with Crippen molar-refractivity contribution in [3.8, 4) is 0 Å². The van der Waals surface area contributed by atoms with Crippen LogP contribution < -0.4 is 11.5 Å². The molecular formula is C11H11N5O2. The standard InChI is InChI=1S/C6H6N2O.C5H5N3O/c7-6(9)5-2-1-3-8-4-5;6-5(9)4-3-7-1-2-8-4/h1-4H,(H2,7,9);1-3H,(H2,6,9). The summed E-state index contributed by atoms with van der Waals surface area (Å²) >= 11 is 0. The highest BCUT2D eigenvalue weighted by atomic mass is 16.1. The van der Waals surface area contributed by atoms with E-state index in [1.165, 1.54) is 24.8 Å². The quantitative estimate of drug-likeness (QED) is 0.755. The van der Waals surface area contributed by atoms with Gasteiger partial charge in [-0.1, -0.05) is 0 Å². The first-order chi connectivity index (χ1) is 8.61. The van der Waals surface area contributed by atoms with Crippen LogP contribution in [0.3, 0.4) is 0 Å². The maximum Gasteiger partial charge on any atom is 0.268 e. The number of amides is 2. The van der Waals surface area contributed by atoms with Gasteiger partial charge in [0, 0.05) is 24.8 Å². The first-order valence-electron chi connectivity index (χ1n) is 4.87. The summed E-state index contributed by atoms with van der Waals surface area (Å²) in [5.74, 6) is -0.994. The fourth-order valence-corrected chi connectivity index (χ4v) is 0.935. The number of hydrogen-bond acceptors (Lipinski definition) is 5. The number of pyridine rings is 1. The highest BCUT2D eigenvalue weighted by Crippen LogP contribution is 1.91. The maximum atomic E-state index is 10.4. The second-order valence-corrected chi connectivity index (χ2v) is 3.06. The van der Waals surface area contributed by atoms with E-state index in [9.17, 15) is 9.59 Å². The summed E-state index contributed by atoms with van der Waals surface area (Å²) in [7, 11) is 0. The minimum absolute atomic E-state index is 0.192. The van der Waals surface area contributed by atoms with E-state index in [4.69, 9.17) is 11.5 Å². The van der Waals surface area contributed by atoms with E-state index in [0.29, 0.717) is 5.56 Å². The van der Waals surface area contributed by atoms with Gasteiger partial charge < -0.3 is 11.5 Å². The summed E-state index contributed by atoms with van der Waals surface area (Å²) in [5, 5.41) is 0. The molecule has 0 spiro atoms. The molecule has 2 rings (SSSR count). The molecular weight excluding hydrogens is 234 g/mol. The Morgan fingerprint density at radius 3 is 2.00 bits per heavy atom. The second kappa shape index (κ2) is 6.69. The predicted molar refractivity (Wildman–Crippen MR) is 63.3 cm³/mol. The van der Waals surface area contributed by atoms with E-state index >= 15 is 0 Å². The van der Waals surface area contributed by atoms with E-state index in [1.54, 1.807) is 18.3 Å². The molecule has 0 saturated carbocycles. The van der Waals surface area contributed by atoms with Crippen LogP contribution in [-0.2, 0) is 0 Å². The van der Waals surface area contributed by atoms with Gasteiger partial charge in [-0.3, -0.25) is 19.6 Å². The Morgan fingerprint density at radius 1 is 0.944 bits per heavy atom. The van der Waals surface area contributed by atoms with Gasteiger partial charge >= 0.3 is 0 Å². The molecule has 0 aromatic carbocycles. The summed E-state index contributed by atoms with van der Waals surface area (Å²) in [6.45, 7) is 0. The zero-order chi connectivity index (χ0) is 13.4. The summed E-state index contributed by atoms with van der Waals surface area (Å²) in [4.78, 5) is 31.7. The highest BCUT2D eigenvalue weighted by Gasteiger charge is 1.97. The number of aromatic nitrogens is 3. The minimum atomic E-state index is -0.553. The van der Waals surface area contributed by atoms with Crippen LogP contribution in [0.25, 0.3) is 0 Å². The van der Waals surface area contributed by atoms with Crippen molar-refractivity contribution in [2.45, 2.75) is 0 Å². The summed E-state index contributed by atoms with van der Waals surface area (Å²) in [6.07, 6.45) is 7.24. The predicted octanol–water partition coefficient (Wildman–Crippen LogP) is -0.244.